The molecule has 20 heavy (non-hydrogen) atoms. The van der Waals surface area contributed by atoms with Crippen molar-refractivity contribution < 1.29 is 0 Å². The highest BCUT2D eigenvalue weighted by atomic mass is 79.9. The van der Waals surface area contributed by atoms with Crippen LogP contribution in [-0.4, -0.2) is 21.1 Å². The Bertz CT molecular complexity index is 563. The van der Waals surface area contributed by atoms with E-state index in [0.717, 1.165) is 35.6 Å². The molecule has 5 heteroatoms. The number of pyridine rings is 1. The molecule has 0 spiro atoms. The molecule has 0 amide bonds. The molecule has 2 aromatic rings. The van der Waals surface area contributed by atoms with Gasteiger partial charge in [0.25, 0.3) is 0 Å². The second kappa shape index (κ2) is 6.99. The SMILES string of the molecule is CCc1nccn1-c1ncc(Br)cc1CNCC(C)C. The zero-order valence-corrected chi connectivity index (χ0v) is 13.8. The predicted molar refractivity (Wildman–Crippen MR) is 85.0 cm³/mol. The van der Waals surface area contributed by atoms with Crippen molar-refractivity contribution in [2.45, 2.75) is 33.7 Å². The number of nitrogens with zero attached hydrogens (tertiary/aromatic N) is 3. The van der Waals surface area contributed by atoms with Gasteiger partial charge in [0, 0.05) is 41.6 Å². The van der Waals surface area contributed by atoms with Gasteiger partial charge in [0.15, 0.2) is 0 Å². The van der Waals surface area contributed by atoms with Gasteiger partial charge in [-0.05, 0) is 34.5 Å². The standard InChI is InChI=1S/C15H21BrN4/c1-4-14-18-5-6-20(14)15-12(7-13(16)10-19-15)9-17-8-11(2)3/h5-7,10-11,17H,4,8-9H2,1-3H3. The van der Waals surface area contributed by atoms with E-state index in [2.05, 4.69) is 62.6 Å². The highest BCUT2D eigenvalue weighted by molar-refractivity contribution is 9.10. The van der Waals surface area contributed by atoms with Gasteiger partial charge in [-0.15, -0.1) is 0 Å². The maximum Gasteiger partial charge on any atom is 0.142 e. The molecule has 0 aliphatic heterocycles. The van der Waals surface area contributed by atoms with Crippen molar-refractivity contribution in [3.05, 3.63) is 40.5 Å². The van der Waals surface area contributed by atoms with Crippen molar-refractivity contribution >= 4 is 15.9 Å². The summed E-state index contributed by atoms with van der Waals surface area (Å²) in [5, 5.41) is 3.47. The minimum absolute atomic E-state index is 0.637. The Hall–Kier alpha value is -1.20. The zero-order chi connectivity index (χ0) is 14.5. The number of imidazole rings is 1. The van der Waals surface area contributed by atoms with E-state index in [1.807, 2.05) is 18.6 Å². The van der Waals surface area contributed by atoms with Crippen LogP contribution in [-0.2, 0) is 13.0 Å². The molecule has 0 saturated heterocycles. The Morgan fingerprint density at radius 2 is 2.15 bits per heavy atom. The second-order valence-electron chi connectivity index (χ2n) is 5.23. The Morgan fingerprint density at radius 1 is 1.35 bits per heavy atom. The van der Waals surface area contributed by atoms with Crippen molar-refractivity contribution in [1.29, 1.82) is 0 Å². The van der Waals surface area contributed by atoms with Crippen LogP contribution in [0.2, 0.25) is 0 Å². The fourth-order valence-electron chi connectivity index (χ4n) is 2.11. The van der Waals surface area contributed by atoms with Crippen LogP contribution in [0.4, 0.5) is 0 Å². The van der Waals surface area contributed by atoms with E-state index in [0.29, 0.717) is 5.92 Å². The van der Waals surface area contributed by atoms with E-state index in [1.54, 1.807) is 0 Å². The summed E-state index contributed by atoms with van der Waals surface area (Å²) in [4.78, 5) is 8.94. The number of rotatable bonds is 6. The normalized spacial score (nSPS) is 11.2. The lowest BCUT2D eigenvalue weighted by molar-refractivity contribution is 0.550. The second-order valence-corrected chi connectivity index (χ2v) is 6.14. The van der Waals surface area contributed by atoms with Crippen molar-refractivity contribution in [2.75, 3.05) is 6.54 Å². The first-order chi connectivity index (χ1) is 9.61. The number of nitrogens with one attached hydrogen (secondary N) is 1. The number of aryl methyl sites for hydroxylation is 1. The summed E-state index contributed by atoms with van der Waals surface area (Å²) in [5.41, 5.74) is 1.17. The molecule has 0 atom stereocenters. The summed E-state index contributed by atoms with van der Waals surface area (Å²) in [5.74, 6) is 2.63. The molecule has 2 aromatic heterocycles. The first-order valence-electron chi connectivity index (χ1n) is 6.99. The maximum atomic E-state index is 4.56. The summed E-state index contributed by atoms with van der Waals surface area (Å²) in [6.07, 6.45) is 6.53. The minimum Gasteiger partial charge on any atom is -0.312 e. The first kappa shape index (κ1) is 15.2. The molecule has 0 fully saturated rings. The summed E-state index contributed by atoms with van der Waals surface area (Å²) in [7, 11) is 0. The molecule has 0 saturated carbocycles. The summed E-state index contributed by atoms with van der Waals surface area (Å²) in [6, 6.07) is 2.12. The quantitative estimate of drug-likeness (QED) is 0.879. The third-order valence-corrected chi connectivity index (χ3v) is 3.47. The van der Waals surface area contributed by atoms with Crippen LogP contribution in [0.15, 0.2) is 29.1 Å². The molecule has 0 aliphatic rings. The van der Waals surface area contributed by atoms with E-state index >= 15 is 0 Å². The fraction of sp³-hybridized carbons (Fsp3) is 0.467. The molecule has 0 aliphatic carbocycles. The van der Waals surface area contributed by atoms with E-state index in [9.17, 15) is 0 Å². The summed E-state index contributed by atoms with van der Waals surface area (Å²) >= 11 is 3.50. The Balaban J connectivity index is 2.28. The molecule has 108 valence electrons. The van der Waals surface area contributed by atoms with Gasteiger partial charge in [0.05, 0.1) is 0 Å². The van der Waals surface area contributed by atoms with Gasteiger partial charge in [0.2, 0.25) is 0 Å². The highest BCUT2D eigenvalue weighted by Gasteiger charge is 2.10. The van der Waals surface area contributed by atoms with Crippen molar-refractivity contribution in [2.24, 2.45) is 5.92 Å². The van der Waals surface area contributed by atoms with Crippen LogP contribution < -0.4 is 5.32 Å². The van der Waals surface area contributed by atoms with E-state index in [1.165, 1.54) is 5.56 Å². The Morgan fingerprint density at radius 3 is 2.85 bits per heavy atom. The maximum absolute atomic E-state index is 4.56. The smallest absolute Gasteiger partial charge is 0.142 e. The van der Waals surface area contributed by atoms with Crippen LogP contribution in [0.1, 0.15) is 32.2 Å². The number of hydrogen-bond acceptors (Lipinski definition) is 3. The summed E-state index contributed by atoms with van der Waals surface area (Å²) in [6.45, 7) is 8.32. The van der Waals surface area contributed by atoms with Crippen LogP contribution in [0, 0.1) is 5.92 Å². The van der Waals surface area contributed by atoms with E-state index < -0.39 is 0 Å². The van der Waals surface area contributed by atoms with E-state index in [-0.39, 0.29) is 0 Å². The highest BCUT2D eigenvalue weighted by Crippen LogP contribution is 2.19. The largest absolute Gasteiger partial charge is 0.312 e. The van der Waals surface area contributed by atoms with E-state index in [4.69, 9.17) is 0 Å². The number of hydrogen-bond donors (Lipinski definition) is 1. The monoisotopic (exact) mass is 336 g/mol. The molecule has 2 heterocycles. The molecule has 0 radical (unpaired) electrons. The molecule has 1 N–H and O–H groups in total. The molecule has 0 unspecified atom stereocenters. The zero-order valence-electron chi connectivity index (χ0n) is 12.2. The van der Waals surface area contributed by atoms with Crippen molar-refractivity contribution in [3.63, 3.8) is 0 Å². The van der Waals surface area contributed by atoms with Gasteiger partial charge >= 0.3 is 0 Å². The van der Waals surface area contributed by atoms with Crippen LogP contribution >= 0.6 is 15.9 Å². The minimum atomic E-state index is 0.637. The lowest BCUT2D eigenvalue weighted by Crippen LogP contribution is -2.20. The van der Waals surface area contributed by atoms with Gasteiger partial charge in [-0.1, -0.05) is 20.8 Å². The lowest BCUT2D eigenvalue weighted by Gasteiger charge is -2.13. The Labute approximate surface area is 128 Å². The van der Waals surface area contributed by atoms with Gasteiger partial charge in [0.1, 0.15) is 11.6 Å². The van der Waals surface area contributed by atoms with Gasteiger partial charge in [-0.25, -0.2) is 9.97 Å². The average molecular weight is 337 g/mol. The Kier molecular flexibility index (Phi) is 5.31. The number of halogens is 1. The van der Waals surface area contributed by atoms with Crippen LogP contribution in [0.3, 0.4) is 0 Å². The molecular weight excluding hydrogens is 316 g/mol. The molecule has 0 aromatic carbocycles. The van der Waals surface area contributed by atoms with Crippen LogP contribution in [0.25, 0.3) is 5.82 Å². The van der Waals surface area contributed by atoms with Crippen molar-refractivity contribution in [1.82, 2.24) is 19.9 Å². The van der Waals surface area contributed by atoms with Gasteiger partial charge in [-0.2, -0.15) is 0 Å². The molecular formula is C15H21BrN4. The third kappa shape index (κ3) is 3.67. The predicted octanol–water partition coefficient (Wildman–Crippen LogP) is 3.34. The lowest BCUT2D eigenvalue weighted by atomic mass is 10.2. The topological polar surface area (TPSA) is 42.7 Å². The molecule has 2 rings (SSSR count). The summed E-state index contributed by atoms with van der Waals surface area (Å²) < 4.78 is 3.07. The van der Waals surface area contributed by atoms with Gasteiger partial charge in [-0.3, -0.25) is 4.57 Å². The van der Waals surface area contributed by atoms with Crippen molar-refractivity contribution in [3.8, 4) is 5.82 Å². The average Bonchev–Trinajstić information content (AvgIpc) is 2.86. The first-order valence-corrected chi connectivity index (χ1v) is 7.78. The van der Waals surface area contributed by atoms with Gasteiger partial charge < -0.3 is 5.32 Å². The molecule has 0 bridgehead atoms. The third-order valence-electron chi connectivity index (χ3n) is 3.04. The number of aromatic nitrogens is 3. The molecule has 4 nitrogen and oxygen atoms in total. The fourth-order valence-corrected chi connectivity index (χ4v) is 2.48. The van der Waals surface area contributed by atoms with Crippen LogP contribution in [0.5, 0.6) is 0 Å².